The lowest BCUT2D eigenvalue weighted by Gasteiger charge is -2.15. The van der Waals surface area contributed by atoms with E-state index in [0.29, 0.717) is 17.9 Å². The van der Waals surface area contributed by atoms with Crippen LogP contribution in [0.3, 0.4) is 0 Å². The second kappa shape index (κ2) is 7.01. The van der Waals surface area contributed by atoms with Gasteiger partial charge in [-0.3, -0.25) is 4.79 Å². The molecule has 0 bridgehead atoms. The first-order valence-corrected chi connectivity index (χ1v) is 7.97. The Hall–Kier alpha value is -2.40. The van der Waals surface area contributed by atoms with Gasteiger partial charge in [0.2, 0.25) is 0 Å². The summed E-state index contributed by atoms with van der Waals surface area (Å²) in [6.45, 7) is 0.815. The molecule has 3 rings (SSSR count). The van der Waals surface area contributed by atoms with Crippen LogP contribution in [0.5, 0.6) is 5.75 Å². The molecule has 0 unspecified atom stereocenters. The second-order valence-electron chi connectivity index (χ2n) is 6.25. The molecular weight excluding hydrogens is 309 g/mol. The highest BCUT2D eigenvalue weighted by molar-refractivity contribution is 5.96. The van der Waals surface area contributed by atoms with Crippen LogP contribution < -0.4 is 10.1 Å². The number of nitrogens with one attached hydrogen (secondary N) is 1. The van der Waals surface area contributed by atoms with Gasteiger partial charge in [-0.2, -0.15) is 0 Å². The summed E-state index contributed by atoms with van der Waals surface area (Å²) >= 11 is 0. The standard InChI is InChI=1S/C19H20FNO3/c20-15-7-5-14(6-8-15)11-24-17-4-2-1-3-16(17)18(23)21-12-19(13-22)9-10-19/h1-8,22H,9-13H2,(H,21,23). The smallest absolute Gasteiger partial charge is 0.255 e. The number of aliphatic hydroxyl groups excluding tert-OH is 1. The summed E-state index contributed by atoms with van der Waals surface area (Å²) in [5.74, 6) is -0.0333. The number of halogens is 1. The number of carbonyl (C=O) groups is 1. The Balaban J connectivity index is 1.63. The molecule has 0 saturated heterocycles. The van der Waals surface area contributed by atoms with Crippen molar-refractivity contribution in [3.05, 3.63) is 65.5 Å². The van der Waals surface area contributed by atoms with Crippen LogP contribution in [-0.4, -0.2) is 24.2 Å². The molecule has 5 heteroatoms. The van der Waals surface area contributed by atoms with Gasteiger partial charge in [-0.15, -0.1) is 0 Å². The third kappa shape index (κ3) is 3.92. The van der Waals surface area contributed by atoms with E-state index in [1.165, 1.54) is 12.1 Å². The van der Waals surface area contributed by atoms with Crippen molar-refractivity contribution in [1.29, 1.82) is 0 Å². The van der Waals surface area contributed by atoms with Crippen LogP contribution in [0.25, 0.3) is 0 Å². The Morgan fingerprint density at radius 3 is 2.54 bits per heavy atom. The first-order chi connectivity index (χ1) is 11.6. The lowest BCUT2D eigenvalue weighted by Crippen LogP contribution is -2.32. The van der Waals surface area contributed by atoms with Gasteiger partial charge in [-0.25, -0.2) is 4.39 Å². The van der Waals surface area contributed by atoms with E-state index in [-0.39, 0.29) is 30.4 Å². The fraction of sp³-hybridized carbons (Fsp3) is 0.316. The molecular formula is C19H20FNO3. The molecule has 126 valence electrons. The van der Waals surface area contributed by atoms with Crippen molar-refractivity contribution in [2.24, 2.45) is 5.41 Å². The van der Waals surface area contributed by atoms with Gasteiger partial charge < -0.3 is 15.2 Å². The number of aliphatic hydroxyl groups is 1. The van der Waals surface area contributed by atoms with Gasteiger partial charge in [0.1, 0.15) is 18.2 Å². The molecule has 4 nitrogen and oxygen atoms in total. The quantitative estimate of drug-likeness (QED) is 0.821. The molecule has 0 aliphatic heterocycles. The average molecular weight is 329 g/mol. The third-order valence-electron chi connectivity index (χ3n) is 4.36. The summed E-state index contributed by atoms with van der Waals surface area (Å²) in [7, 11) is 0. The molecule has 1 fully saturated rings. The predicted octanol–water partition coefficient (Wildman–Crippen LogP) is 2.91. The highest BCUT2D eigenvalue weighted by atomic mass is 19.1. The zero-order valence-corrected chi connectivity index (χ0v) is 13.3. The van der Waals surface area contributed by atoms with E-state index in [0.717, 1.165) is 18.4 Å². The molecule has 1 saturated carbocycles. The number of para-hydroxylation sites is 1. The molecule has 0 spiro atoms. The van der Waals surface area contributed by atoms with E-state index < -0.39 is 0 Å². The van der Waals surface area contributed by atoms with Gasteiger partial charge in [0.05, 0.1) is 12.2 Å². The van der Waals surface area contributed by atoms with E-state index in [1.54, 1.807) is 36.4 Å². The van der Waals surface area contributed by atoms with E-state index in [1.807, 2.05) is 0 Å². The highest BCUT2D eigenvalue weighted by Gasteiger charge is 2.42. The normalized spacial score (nSPS) is 14.9. The number of ether oxygens (including phenoxy) is 1. The van der Waals surface area contributed by atoms with Crippen molar-refractivity contribution < 1.29 is 19.0 Å². The minimum absolute atomic E-state index is 0.0932. The Morgan fingerprint density at radius 2 is 1.88 bits per heavy atom. The Kier molecular flexibility index (Phi) is 4.81. The molecule has 1 amide bonds. The van der Waals surface area contributed by atoms with Crippen LogP contribution in [0.15, 0.2) is 48.5 Å². The molecule has 1 aliphatic carbocycles. The van der Waals surface area contributed by atoms with Crippen LogP contribution in [0, 0.1) is 11.2 Å². The van der Waals surface area contributed by atoms with Gasteiger partial charge in [0.15, 0.2) is 0 Å². The van der Waals surface area contributed by atoms with E-state index in [2.05, 4.69) is 5.32 Å². The van der Waals surface area contributed by atoms with Crippen molar-refractivity contribution in [3.8, 4) is 5.75 Å². The maximum atomic E-state index is 12.9. The number of carbonyl (C=O) groups excluding carboxylic acids is 1. The van der Waals surface area contributed by atoms with Crippen LogP contribution in [-0.2, 0) is 6.61 Å². The molecule has 0 heterocycles. The van der Waals surface area contributed by atoms with Gasteiger partial charge in [-0.05, 0) is 42.7 Å². The summed E-state index contributed by atoms with van der Waals surface area (Å²) in [6.07, 6.45) is 1.87. The van der Waals surface area contributed by atoms with Gasteiger partial charge in [-0.1, -0.05) is 24.3 Å². The first kappa shape index (κ1) is 16.5. The van der Waals surface area contributed by atoms with E-state index in [9.17, 15) is 14.3 Å². The van der Waals surface area contributed by atoms with Crippen molar-refractivity contribution >= 4 is 5.91 Å². The minimum atomic E-state index is -0.295. The molecule has 0 radical (unpaired) electrons. The Bertz CT molecular complexity index is 711. The molecule has 0 aromatic heterocycles. The number of benzene rings is 2. The fourth-order valence-electron chi connectivity index (χ4n) is 2.45. The minimum Gasteiger partial charge on any atom is -0.488 e. The molecule has 2 N–H and O–H groups in total. The highest BCUT2D eigenvalue weighted by Crippen LogP contribution is 2.44. The molecule has 0 atom stereocenters. The van der Waals surface area contributed by atoms with Crippen LogP contribution >= 0.6 is 0 Å². The molecule has 2 aromatic rings. The third-order valence-corrected chi connectivity index (χ3v) is 4.36. The first-order valence-electron chi connectivity index (χ1n) is 7.97. The van der Waals surface area contributed by atoms with Gasteiger partial charge in [0, 0.05) is 12.0 Å². The SMILES string of the molecule is O=C(NCC1(CO)CC1)c1ccccc1OCc1ccc(F)cc1. The summed E-state index contributed by atoms with van der Waals surface area (Å²) in [4.78, 5) is 12.4. The predicted molar refractivity (Wildman–Crippen MR) is 88.3 cm³/mol. The lowest BCUT2D eigenvalue weighted by atomic mass is 10.1. The maximum Gasteiger partial charge on any atom is 0.255 e. The zero-order valence-electron chi connectivity index (χ0n) is 13.3. The van der Waals surface area contributed by atoms with Gasteiger partial charge in [0.25, 0.3) is 5.91 Å². The number of hydrogen-bond donors (Lipinski definition) is 2. The number of rotatable bonds is 7. The summed E-state index contributed by atoms with van der Waals surface area (Å²) in [5, 5.41) is 12.2. The maximum absolute atomic E-state index is 12.9. The van der Waals surface area contributed by atoms with Gasteiger partial charge >= 0.3 is 0 Å². The van der Waals surface area contributed by atoms with Crippen molar-refractivity contribution in [1.82, 2.24) is 5.32 Å². The van der Waals surface area contributed by atoms with Crippen LogP contribution in [0.4, 0.5) is 4.39 Å². The summed E-state index contributed by atoms with van der Waals surface area (Å²) in [6, 6.07) is 13.1. The molecule has 1 aliphatic rings. The van der Waals surface area contributed by atoms with Crippen LogP contribution in [0.1, 0.15) is 28.8 Å². The number of amides is 1. The summed E-state index contributed by atoms with van der Waals surface area (Å²) < 4.78 is 18.6. The fourth-order valence-corrected chi connectivity index (χ4v) is 2.45. The van der Waals surface area contributed by atoms with E-state index >= 15 is 0 Å². The lowest BCUT2D eigenvalue weighted by molar-refractivity contribution is 0.0930. The van der Waals surface area contributed by atoms with Crippen molar-refractivity contribution in [3.63, 3.8) is 0 Å². The monoisotopic (exact) mass is 329 g/mol. The largest absolute Gasteiger partial charge is 0.488 e. The second-order valence-corrected chi connectivity index (χ2v) is 6.25. The molecule has 2 aromatic carbocycles. The topological polar surface area (TPSA) is 58.6 Å². The molecule has 24 heavy (non-hydrogen) atoms. The van der Waals surface area contributed by atoms with Crippen molar-refractivity contribution in [2.45, 2.75) is 19.4 Å². The average Bonchev–Trinajstić information content (AvgIpc) is 3.40. The Labute approximate surface area is 140 Å². The van der Waals surface area contributed by atoms with E-state index in [4.69, 9.17) is 4.74 Å². The van der Waals surface area contributed by atoms with Crippen LogP contribution in [0.2, 0.25) is 0 Å². The Morgan fingerprint density at radius 1 is 1.17 bits per heavy atom. The summed E-state index contributed by atoms with van der Waals surface area (Å²) in [5.41, 5.74) is 1.14. The number of hydrogen-bond acceptors (Lipinski definition) is 3. The zero-order chi connectivity index (χ0) is 17.0. The van der Waals surface area contributed by atoms with Crippen molar-refractivity contribution in [2.75, 3.05) is 13.2 Å².